The van der Waals surface area contributed by atoms with E-state index in [4.69, 9.17) is 25.5 Å². The van der Waals surface area contributed by atoms with Crippen LogP contribution in [-0.4, -0.2) is 74.1 Å². The minimum absolute atomic E-state index is 0. The van der Waals surface area contributed by atoms with Crippen LogP contribution >= 0.6 is 15.9 Å². The number of carboxylic acids is 2. The Morgan fingerprint density at radius 2 is 1.11 bits per heavy atom. The summed E-state index contributed by atoms with van der Waals surface area (Å²) in [6, 6.07) is 0. The molecule has 0 aliphatic carbocycles. The van der Waals surface area contributed by atoms with Crippen molar-refractivity contribution in [3.8, 4) is 0 Å². The Balaban J connectivity index is -0.000000124. The van der Waals surface area contributed by atoms with Crippen LogP contribution in [0.4, 0.5) is 0 Å². The first-order chi connectivity index (χ1) is 16.3. The molecule has 4 N–H and O–H groups in total. The van der Waals surface area contributed by atoms with Gasteiger partial charge in [-0.25, -0.2) is 0 Å². The second-order valence-electron chi connectivity index (χ2n) is 5.87. The van der Waals surface area contributed by atoms with Gasteiger partial charge in [-0.15, -0.1) is 30.3 Å². The average molecular weight is 691 g/mol. The van der Waals surface area contributed by atoms with Crippen molar-refractivity contribution in [3.05, 3.63) is 30.3 Å². The number of hydrogen-bond acceptors (Lipinski definition) is 11. The number of nitrogens with one attached hydrogen (secondary N) is 1. The monoisotopic (exact) mass is 689 g/mol. The first-order valence-corrected chi connectivity index (χ1v) is 11.0. The van der Waals surface area contributed by atoms with Crippen LogP contribution in [0.2, 0.25) is 0 Å². The maximum Gasteiger partial charge on any atom is 0.303 e. The van der Waals surface area contributed by atoms with E-state index in [2.05, 4.69) is 30.9 Å². The number of carboxylic acid groups (broad SMARTS) is 2. The molecule has 0 saturated carbocycles. The molecular formula is C16H31AgBrN4O14. The van der Waals surface area contributed by atoms with Gasteiger partial charge in [-0.05, 0) is 38.5 Å². The van der Waals surface area contributed by atoms with Crippen molar-refractivity contribution in [2.75, 3.05) is 25.6 Å². The summed E-state index contributed by atoms with van der Waals surface area (Å²) in [5.41, 5.74) is 0. The SMILES string of the molecule is CNC(=O)CCCCO[N+](=O)[O-].O=C(O)CCCCBr.O=C(O)CCCCO[N+](=O)[O-].O=[N+]([O-])O.[Ag]. The van der Waals surface area contributed by atoms with Gasteiger partial charge >= 0.3 is 11.9 Å². The van der Waals surface area contributed by atoms with Gasteiger partial charge in [0.05, 0.1) is 13.2 Å². The molecule has 0 aromatic carbocycles. The largest absolute Gasteiger partial charge is 0.481 e. The Bertz CT molecular complexity index is 595. The van der Waals surface area contributed by atoms with E-state index in [-0.39, 0.29) is 47.9 Å². The fourth-order valence-electron chi connectivity index (χ4n) is 1.54. The van der Waals surface area contributed by atoms with E-state index in [1.807, 2.05) is 0 Å². The van der Waals surface area contributed by atoms with Crippen molar-refractivity contribution >= 4 is 33.8 Å². The molecule has 1 amide bonds. The molecule has 1 radical (unpaired) electrons. The molecule has 0 fully saturated rings. The van der Waals surface area contributed by atoms with Crippen LogP contribution in [-0.2, 0) is 46.4 Å². The minimum Gasteiger partial charge on any atom is -0.481 e. The van der Waals surface area contributed by atoms with E-state index in [1.165, 1.54) is 0 Å². The third-order valence-electron chi connectivity index (χ3n) is 3.03. The molecule has 0 aliphatic rings. The Kier molecular flexibility index (Phi) is 41.4. The van der Waals surface area contributed by atoms with E-state index >= 15 is 0 Å². The molecular weight excluding hydrogens is 660 g/mol. The zero-order chi connectivity index (χ0) is 28.1. The number of carbonyl (C=O) groups is 3. The number of nitrogens with zero attached hydrogens (tertiary/aromatic N) is 3. The Hall–Kier alpha value is -2.77. The molecule has 0 rings (SSSR count). The van der Waals surface area contributed by atoms with Gasteiger partial charge in [0.2, 0.25) is 5.91 Å². The summed E-state index contributed by atoms with van der Waals surface area (Å²) in [6.45, 7) is 0.0320. The number of halogens is 1. The Labute approximate surface area is 229 Å². The molecule has 0 atom stereocenters. The van der Waals surface area contributed by atoms with Crippen LogP contribution in [0.1, 0.15) is 57.8 Å². The first-order valence-electron chi connectivity index (χ1n) is 9.88. The number of amides is 1. The molecule has 0 aromatic heterocycles. The summed E-state index contributed by atoms with van der Waals surface area (Å²) in [5.74, 6) is -1.66. The smallest absolute Gasteiger partial charge is 0.303 e. The number of carbonyl (C=O) groups excluding carboxylic acids is 1. The fourth-order valence-corrected chi connectivity index (χ4v) is 1.94. The van der Waals surface area contributed by atoms with Gasteiger partial charge in [-0.2, -0.15) is 0 Å². The van der Waals surface area contributed by atoms with Gasteiger partial charge < -0.3 is 30.4 Å². The molecule has 20 heteroatoms. The summed E-state index contributed by atoms with van der Waals surface area (Å²) >= 11 is 3.21. The number of unbranched alkanes of at least 4 members (excludes halogenated alkanes) is 3. The number of hydrogen-bond donors (Lipinski definition) is 4. The number of rotatable bonds is 16. The standard InChI is InChI=1S/C6H12N2O4.C5H9BrO2.C5H9NO5.Ag.HNO3/c1-7-6(9)4-2-3-5-12-8(10)11;6-4-2-1-3-5(7)8;7-5(8)3-1-2-4-11-6(9)10;;2-1(3)4/h2-5H2,1H3,(H,7,9);1-4H2,(H,7,8);1-4H2,(H,7,8);;(H,2,3,4). The van der Waals surface area contributed by atoms with Crippen LogP contribution in [0.25, 0.3) is 0 Å². The van der Waals surface area contributed by atoms with Crippen molar-refractivity contribution in [2.24, 2.45) is 0 Å². The van der Waals surface area contributed by atoms with Crippen molar-refractivity contribution in [1.29, 1.82) is 0 Å². The molecule has 0 spiro atoms. The Morgan fingerprint density at radius 1 is 0.778 bits per heavy atom. The molecule has 18 nitrogen and oxygen atoms in total. The number of aliphatic carboxylic acids is 2. The first kappa shape index (κ1) is 43.3. The average Bonchev–Trinajstić information content (AvgIpc) is 2.73. The number of alkyl halides is 1. The zero-order valence-electron chi connectivity index (χ0n) is 19.3. The van der Waals surface area contributed by atoms with Crippen molar-refractivity contribution in [2.45, 2.75) is 57.8 Å². The van der Waals surface area contributed by atoms with Gasteiger partial charge in [0.15, 0.2) is 0 Å². The van der Waals surface area contributed by atoms with Crippen LogP contribution in [0.3, 0.4) is 0 Å². The molecule has 0 saturated heterocycles. The van der Waals surface area contributed by atoms with Gasteiger partial charge in [0.25, 0.3) is 15.3 Å². The van der Waals surface area contributed by atoms with Gasteiger partial charge in [-0.3, -0.25) is 14.4 Å². The zero-order valence-corrected chi connectivity index (χ0v) is 22.4. The molecule has 0 bridgehead atoms. The maximum absolute atomic E-state index is 10.6. The summed E-state index contributed by atoms with van der Waals surface area (Å²) in [6.07, 6.45) is 4.37. The van der Waals surface area contributed by atoms with E-state index in [9.17, 15) is 34.6 Å². The third-order valence-corrected chi connectivity index (χ3v) is 3.59. The summed E-state index contributed by atoms with van der Waals surface area (Å²) < 4.78 is 0. The second kappa shape index (κ2) is 34.4. The second-order valence-corrected chi connectivity index (χ2v) is 6.67. The van der Waals surface area contributed by atoms with Crippen LogP contribution in [0, 0.1) is 30.3 Å². The van der Waals surface area contributed by atoms with Crippen LogP contribution in [0.15, 0.2) is 0 Å². The predicted molar refractivity (Wildman–Crippen MR) is 119 cm³/mol. The van der Waals surface area contributed by atoms with Crippen LogP contribution < -0.4 is 5.32 Å². The van der Waals surface area contributed by atoms with E-state index in [1.54, 1.807) is 7.05 Å². The van der Waals surface area contributed by atoms with Crippen LogP contribution in [0.5, 0.6) is 0 Å². The quantitative estimate of drug-likeness (QED) is 0.0591. The summed E-state index contributed by atoms with van der Waals surface area (Å²) in [5, 5.41) is 50.8. The molecule has 0 heterocycles. The van der Waals surface area contributed by atoms with Crippen molar-refractivity contribution in [3.63, 3.8) is 0 Å². The van der Waals surface area contributed by atoms with E-state index < -0.39 is 27.2 Å². The summed E-state index contributed by atoms with van der Waals surface area (Å²) in [7, 11) is 1.55. The topological polar surface area (TPSA) is 272 Å². The molecule has 0 aromatic rings. The summed E-state index contributed by atoms with van der Waals surface area (Å²) in [4.78, 5) is 66.0. The molecule has 217 valence electrons. The normalized spacial score (nSPS) is 8.50. The minimum atomic E-state index is -1.50. The maximum atomic E-state index is 10.6. The van der Waals surface area contributed by atoms with Gasteiger partial charge in [-0.1, -0.05) is 15.9 Å². The predicted octanol–water partition coefficient (Wildman–Crippen LogP) is 1.85. The van der Waals surface area contributed by atoms with Crippen molar-refractivity contribution < 1.29 is 77.1 Å². The molecule has 0 unspecified atom stereocenters. The van der Waals surface area contributed by atoms with Crippen molar-refractivity contribution in [1.82, 2.24) is 5.32 Å². The molecule has 0 aliphatic heterocycles. The molecule has 36 heavy (non-hydrogen) atoms. The fraction of sp³-hybridized carbons (Fsp3) is 0.812. The Morgan fingerprint density at radius 3 is 1.39 bits per heavy atom. The van der Waals surface area contributed by atoms with E-state index in [0.29, 0.717) is 38.5 Å². The third kappa shape index (κ3) is 69.7. The van der Waals surface area contributed by atoms with E-state index in [0.717, 1.165) is 18.2 Å². The van der Waals surface area contributed by atoms with Gasteiger partial charge in [0.1, 0.15) is 0 Å². The van der Waals surface area contributed by atoms with Gasteiger partial charge in [0, 0.05) is 54.0 Å².